The van der Waals surface area contributed by atoms with Crippen molar-refractivity contribution in [2.24, 2.45) is 0 Å². The molecule has 2 aromatic rings. The highest BCUT2D eigenvalue weighted by Gasteiger charge is 2.17. The van der Waals surface area contributed by atoms with Crippen molar-refractivity contribution in [3.63, 3.8) is 0 Å². The molecule has 0 saturated carbocycles. The fourth-order valence-corrected chi connectivity index (χ4v) is 2.62. The lowest BCUT2D eigenvalue weighted by molar-refractivity contribution is 0.585. The second-order valence-electron chi connectivity index (χ2n) is 4.16. The van der Waals surface area contributed by atoms with Crippen LogP contribution in [0.25, 0.3) is 11.4 Å². The molecule has 0 spiro atoms. The highest BCUT2D eigenvalue weighted by Crippen LogP contribution is 2.30. The molecule has 0 unspecified atom stereocenters. The topological polar surface area (TPSA) is 30.7 Å². The van der Waals surface area contributed by atoms with Crippen LogP contribution < -0.4 is 0 Å². The van der Waals surface area contributed by atoms with Crippen LogP contribution in [0.5, 0.6) is 0 Å². The molecule has 1 heterocycles. The van der Waals surface area contributed by atoms with Gasteiger partial charge in [0.2, 0.25) is 0 Å². The van der Waals surface area contributed by atoms with Crippen LogP contribution in [-0.4, -0.2) is 14.8 Å². The molecule has 3 nitrogen and oxygen atoms in total. The summed E-state index contributed by atoms with van der Waals surface area (Å²) in [5.41, 5.74) is 0.711. The molecule has 0 aliphatic carbocycles. The van der Waals surface area contributed by atoms with Crippen LogP contribution in [0.2, 0.25) is 0 Å². The number of hydrogen-bond donors (Lipinski definition) is 0. The summed E-state index contributed by atoms with van der Waals surface area (Å²) in [6.07, 6.45) is 0. The fourth-order valence-electron chi connectivity index (χ4n) is 1.81. The summed E-state index contributed by atoms with van der Waals surface area (Å²) in [5, 5.41) is 8.91. The van der Waals surface area contributed by atoms with Crippen molar-refractivity contribution >= 4 is 31.9 Å². The molecule has 0 saturated heterocycles. The smallest absolute Gasteiger partial charge is 0.165 e. The van der Waals surface area contributed by atoms with E-state index in [-0.39, 0.29) is 11.9 Å². The van der Waals surface area contributed by atoms with Crippen LogP contribution in [0, 0.1) is 5.82 Å². The van der Waals surface area contributed by atoms with Gasteiger partial charge in [-0.05, 0) is 32.0 Å². The first kappa shape index (κ1) is 13.7. The minimum Gasteiger partial charge on any atom is -0.308 e. The molecule has 0 radical (unpaired) electrons. The average Bonchev–Trinajstić information content (AvgIpc) is 2.75. The van der Waals surface area contributed by atoms with Crippen molar-refractivity contribution in [2.45, 2.75) is 25.2 Å². The second-order valence-corrected chi connectivity index (χ2v) is 5.58. The van der Waals surface area contributed by atoms with Gasteiger partial charge in [0, 0.05) is 16.1 Å². The Morgan fingerprint density at radius 3 is 2.67 bits per heavy atom. The van der Waals surface area contributed by atoms with Gasteiger partial charge in [-0.15, -0.1) is 10.2 Å². The van der Waals surface area contributed by atoms with E-state index in [1.165, 1.54) is 12.1 Å². The first-order valence-corrected chi connectivity index (χ1v) is 7.41. The summed E-state index contributed by atoms with van der Waals surface area (Å²) < 4.78 is 16.2. The molecule has 0 fully saturated rings. The van der Waals surface area contributed by atoms with E-state index in [0.29, 0.717) is 16.7 Å². The Balaban J connectivity index is 2.63. The average molecular weight is 377 g/mol. The van der Waals surface area contributed by atoms with Crippen LogP contribution in [0.15, 0.2) is 22.7 Å². The van der Waals surface area contributed by atoms with Crippen molar-refractivity contribution in [1.29, 1.82) is 0 Å². The van der Waals surface area contributed by atoms with E-state index in [1.807, 2.05) is 18.4 Å². The summed E-state index contributed by atoms with van der Waals surface area (Å²) in [4.78, 5) is 0. The number of benzene rings is 1. The van der Waals surface area contributed by atoms with E-state index in [2.05, 4.69) is 42.1 Å². The van der Waals surface area contributed by atoms with Gasteiger partial charge in [0.25, 0.3) is 0 Å². The first-order chi connectivity index (χ1) is 8.54. The van der Waals surface area contributed by atoms with Crippen molar-refractivity contribution in [3.05, 3.63) is 34.3 Å². The quantitative estimate of drug-likeness (QED) is 0.746. The summed E-state index contributed by atoms with van der Waals surface area (Å²) >= 11 is 6.81. The van der Waals surface area contributed by atoms with E-state index >= 15 is 0 Å². The van der Waals surface area contributed by atoms with E-state index in [1.54, 1.807) is 6.07 Å². The molecule has 0 aliphatic rings. The molecular formula is C12H12Br2FN3. The number of halogens is 3. The Labute approximate surface area is 122 Å². The standard InChI is InChI=1S/C12H12Br2FN3/c1-7(2)18-11(6-13)16-17-12(18)9-5-8(15)3-4-10(9)14/h3-5,7H,6H2,1-2H3. The Bertz CT molecular complexity index is 566. The number of nitrogens with zero attached hydrogens (tertiary/aromatic N) is 3. The Morgan fingerprint density at radius 2 is 2.06 bits per heavy atom. The lowest BCUT2D eigenvalue weighted by Gasteiger charge is -2.13. The molecule has 0 atom stereocenters. The fraction of sp³-hybridized carbons (Fsp3) is 0.333. The van der Waals surface area contributed by atoms with Gasteiger partial charge >= 0.3 is 0 Å². The zero-order valence-electron chi connectivity index (χ0n) is 9.99. The Morgan fingerprint density at radius 1 is 1.33 bits per heavy atom. The van der Waals surface area contributed by atoms with Gasteiger partial charge in [0.15, 0.2) is 5.82 Å². The zero-order valence-corrected chi connectivity index (χ0v) is 13.2. The van der Waals surface area contributed by atoms with E-state index in [9.17, 15) is 4.39 Å². The minimum absolute atomic E-state index is 0.206. The molecule has 1 aromatic carbocycles. The van der Waals surface area contributed by atoms with Gasteiger partial charge in [-0.25, -0.2) is 4.39 Å². The maximum Gasteiger partial charge on any atom is 0.165 e. The van der Waals surface area contributed by atoms with Crippen molar-refractivity contribution in [2.75, 3.05) is 0 Å². The molecular weight excluding hydrogens is 365 g/mol. The molecule has 2 rings (SSSR count). The lowest BCUT2D eigenvalue weighted by atomic mass is 10.2. The molecule has 1 aromatic heterocycles. The molecule has 0 N–H and O–H groups in total. The normalized spacial score (nSPS) is 11.2. The highest BCUT2D eigenvalue weighted by atomic mass is 79.9. The highest BCUT2D eigenvalue weighted by molar-refractivity contribution is 9.10. The maximum atomic E-state index is 13.4. The molecule has 18 heavy (non-hydrogen) atoms. The van der Waals surface area contributed by atoms with E-state index < -0.39 is 0 Å². The largest absolute Gasteiger partial charge is 0.308 e. The number of hydrogen-bond acceptors (Lipinski definition) is 2. The number of aromatic nitrogens is 3. The molecule has 0 aliphatic heterocycles. The van der Waals surface area contributed by atoms with E-state index in [4.69, 9.17) is 0 Å². The molecule has 0 bridgehead atoms. The van der Waals surface area contributed by atoms with Gasteiger partial charge in [0.1, 0.15) is 11.6 Å². The summed E-state index contributed by atoms with van der Waals surface area (Å²) in [6, 6.07) is 4.76. The second kappa shape index (κ2) is 5.48. The minimum atomic E-state index is -0.285. The lowest BCUT2D eigenvalue weighted by Crippen LogP contribution is -2.07. The SMILES string of the molecule is CC(C)n1c(CBr)nnc1-c1cc(F)ccc1Br. The van der Waals surface area contributed by atoms with Crippen LogP contribution in [0.4, 0.5) is 4.39 Å². The van der Waals surface area contributed by atoms with Gasteiger partial charge < -0.3 is 4.57 Å². The maximum absolute atomic E-state index is 13.4. The predicted octanol–water partition coefficient (Wildman–Crippen LogP) is 4.32. The summed E-state index contributed by atoms with van der Waals surface area (Å²) in [5.74, 6) is 1.22. The monoisotopic (exact) mass is 375 g/mol. The molecule has 96 valence electrons. The third kappa shape index (κ3) is 2.49. The van der Waals surface area contributed by atoms with Crippen molar-refractivity contribution < 1.29 is 4.39 Å². The predicted molar refractivity (Wildman–Crippen MR) is 76.1 cm³/mol. The van der Waals surface area contributed by atoms with Gasteiger partial charge in [-0.3, -0.25) is 0 Å². The Kier molecular flexibility index (Phi) is 4.17. The molecule has 0 amide bonds. The van der Waals surface area contributed by atoms with E-state index in [0.717, 1.165) is 10.3 Å². The summed E-state index contributed by atoms with van der Waals surface area (Å²) in [7, 11) is 0. The van der Waals surface area contributed by atoms with Crippen LogP contribution in [-0.2, 0) is 5.33 Å². The van der Waals surface area contributed by atoms with Crippen LogP contribution in [0.3, 0.4) is 0 Å². The van der Waals surface area contributed by atoms with Crippen LogP contribution >= 0.6 is 31.9 Å². The van der Waals surface area contributed by atoms with Crippen LogP contribution in [0.1, 0.15) is 25.7 Å². The van der Waals surface area contributed by atoms with Crippen molar-refractivity contribution in [3.8, 4) is 11.4 Å². The van der Waals surface area contributed by atoms with Gasteiger partial charge in [-0.1, -0.05) is 31.9 Å². The van der Waals surface area contributed by atoms with Crippen molar-refractivity contribution in [1.82, 2.24) is 14.8 Å². The number of rotatable bonds is 3. The third-order valence-electron chi connectivity index (χ3n) is 2.57. The van der Waals surface area contributed by atoms with Gasteiger partial charge in [-0.2, -0.15) is 0 Å². The zero-order chi connectivity index (χ0) is 13.3. The van der Waals surface area contributed by atoms with Gasteiger partial charge in [0.05, 0.1) is 5.33 Å². The molecule has 6 heteroatoms. The summed E-state index contributed by atoms with van der Waals surface area (Å²) in [6.45, 7) is 4.10. The third-order valence-corrected chi connectivity index (χ3v) is 3.76. The Hall–Kier alpha value is -0.750. The first-order valence-electron chi connectivity index (χ1n) is 5.49. The number of alkyl halides is 1.